The molecule has 0 aliphatic carbocycles. The van der Waals surface area contributed by atoms with Gasteiger partial charge in [0.1, 0.15) is 0 Å². The van der Waals surface area contributed by atoms with Crippen molar-refractivity contribution < 1.29 is 9.59 Å². The fourth-order valence-electron chi connectivity index (χ4n) is 3.01. The van der Waals surface area contributed by atoms with Crippen molar-refractivity contribution in [3.63, 3.8) is 0 Å². The van der Waals surface area contributed by atoms with Crippen LogP contribution in [0.4, 0.5) is 11.4 Å². The molecule has 0 saturated heterocycles. The van der Waals surface area contributed by atoms with Crippen LogP contribution in [-0.2, 0) is 4.79 Å². The topological polar surface area (TPSA) is 74.0 Å². The number of H-pyrrole nitrogens is 1. The number of aromatic amines is 1. The molecule has 0 fully saturated rings. The standard InChI is InChI=1S/C23H17Cl2N3O2S/c24-15-5-7-19(20(25)10-15)23(30)28-16-2-1-3-18(11-16)31-13-22(29)27-17-6-4-14-8-9-26-21(14)12-17/h1-12,26H,13H2,(H,27,29)(H,28,30). The number of carbonyl (C=O) groups excluding carboxylic acids is 2. The number of nitrogens with one attached hydrogen (secondary N) is 3. The number of amides is 2. The van der Waals surface area contributed by atoms with E-state index in [1.165, 1.54) is 17.8 Å². The number of carbonyl (C=O) groups is 2. The summed E-state index contributed by atoms with van der Waals surface area (Å²) >= 11 is 13.4. The van der Waals surface area contributed by atoms with E-state index in [1.54, 1.807) is 18.2 Å². The first-order valence-corrected chi connectivity index (χ1v) is 11.1. The number of anilines is 2. The van der Waals surface area contributed by atoms with Crippen LogP contribution in [-0.4, -0.2) is 22.6 Å². The van der Waals surface area contributed by atoms with E-state index in [-0.39, 0.29) is 22.6 Å². The number of halogens is 2. The highest BCUT2D eigenvalue weighted by atomic mass is 35.5. The van der Waals surface area contributed by atoms with Gasteiger partial charge in [-0.3, -0.25) is 9.59 Å². The lowest BCUT2D eigenvalue weighted by atomic mass is 10.2. The second-order valence-corrected chi connectivity index (χ2v) is 8.62. The first kappa shape index (κ1) is 21.3. The largest absolute Gasteiger partial charge is 0.361 e. The quantitative estimate of drug-likeness (QED) is 0.283. The molecule has 31 heavy (non-hydrogen) atoms. The van der Waals surface area contributed by atoms with E-state index in [0.717, 1.165) is 21.5 Å². The van der Waals surface area contributed by atoms with Crippen LogP contribution in [0.15, 0.2) is 77.8 Å². The summed E-state index contributed by atoms with van der Waals surface area (Å²) in [7, 11) is 0. The van der Waals surface area contributed by atoms with Gasteiger partial charge in [-0.15, -0.1) is 11.8 Å². The van der Waals surface area contributed by atoms with Crippen molar-refractivity contribution in [2.75, 3.05) is 16.4 Å². The summed E-state index contributed by atoms with van der Waals surface area (Å²) in [4.78, 5) is 28.8. The molecule has 4 rings (SSSR count). The number of rotatable bonds is 6. The van der Waals surface area contributed by atoms with Crippen molar-refractivity contribution in [3.05, 3.63) is 88.5 Å². The molecule has 2 amide bonds. The summed E-state index contributed by atoms with van der Waals surface area (Å²) < 4.78 is 0. The normalized spacial score (nSPS) is 10.8. The first-order chi connectivity index (χ1) is 15.0. The van der Waals surface area contributed by atoms with Crippen molar-refractivity contribution in [2.24, 2.45) is 0 Å². The third-order valence-electron chi connectivity index (χ3n) is 4.48. The van der Waals surface area contributed by atoms with E-state index in [4.69, 9.17) is 23.2 Å². The maximum atomic E-state index is 12.5. The highest BCUT2D eigenvalue weighted by Gasteiger charge is 2.12. The Bertz CT molecular complexity index is 1270. The van der Waals surface area contributed by atoms with Gasteiger partial charge in [0.25, 0.3) is 5.91 Å². The lowest BCUT2D eigenvalue weighted by Crippen LogP contribution is -2.14. The van der Waals surface area contributed by atoms with Crippen LogP contribution in [0.2, 0.25) is 10.0 Å². The smallest absolute Gasteiger partial charge is 0.257 e. The zero-order valence-corrected chi connectivity index (χ0v) is 18.4. The first-order valence-electron chi connectivity index (χ1n) is 9.34. The van der Waals surface area contributed by atoms with Gasteiger partial charge in [-0.2, -0.15) is 0 Å². The Morgan fingerprint density at radius 3 is 2.58 bits per heavy atom. The van der Waals surface area contributed by atoms with Gasteiger partial charge in [0.05, 0.1) is 16.3 Å². The maximum absolute atomic E-state index is 12.5. The third-order valence-corrected chi connectivity index (χ3v) is 6.02. The monoisotopic (exact) mass is 469 g/mol. The fraction of sp³-hybridized carbons (Fsp3) is 0.0435. The predicted molar refractivity (Wildman–Crippen MR) is 129 cm³/mol. The van der Waals surface area contributed by atoms with Crippen molar-refractivity contribution >= 4 is 69.1 Å². The van der Waals surface area contributed by atoms with Crippen LogP contribution in [0.25, 0.3) is 10.9 Å². The molecular weight excluding hydrogens is 453 g/mol. The van der Waals surface area contributed by atoms with E-state index < -0.39 is 0 Å². The lowest BCUT2D eigenvalue weighted by Gasteiger charge is -2.09. The maximum Gasteiger partial charge on any atom is 0.257 e. The summed E-state index contributed by atoms with van der Waals surface area (Å²) in [5.74, 6) is -0.206. The number of hydrogen-bond donors (Lipinski definition) is 3. The SMILES string of the molecule is O=C(CSc1cccc(NC(=O)c2ccc(Cl)cc2Cl)c1)Nc1ccc2cc[nH]c2c1. The second-order valence-electron chi connectivity index (χ2n) is 6.72. The Morgan fingerprint density at radius 2 is 1.74 bits per heavy atom. The zero-order chi connectivity index (χ0) is 21.8. The van der Waals surface area contributed by atoms with Gasteiger partial charge >= 0.3 is 0 Å². The van der Waals surface area contributed by atoms with Crippen molar-refractivity contribution in [1.82, 2.24) is 4.98 Å². The highest BCUT2D eigenvalue weighted by Crippen LogP contribution is 2.25. The second kappa shape index (κ2) is 9.47. The van der Waals surface area contributed by atoms with E-state index >= 15 is 0 Å². The molecule has 3 aromatic carbocycles. The molecule has 0 spiro atoms. The van der Waals surface area contributed by atoms with Crippen molar-refractivity contribution in [3.8, 4) is 0 Å². The number of fused-ring (bicyclic) bond motifs is 1. The summed E-state index contributed by atoms with van der Waals surface area (Å²) in [6, 6.07) is 19.7. The molecule has 0 bridgehead atoms. The minimum atomic E-state index is -0.332. The van der Waals surface area contributed by atoms with Crippen molar-refractivity contribution in [1.29, 1.82) is 0 Å². The molecule has 0 aliphatic rings. The molecule has 0 saturated carbocycles. The highest BCUT2D eigenvalue weighted by molar-refractivity contribution is 8.00. The average Bonchev–Trinajstić information content (AvgIpc) is 3.20. The van der Waals surface area contributed by atoms with Crippen LogP contribution in [0.1, 0.15) is 10.4 Å². The van der Waals surface area contributed by atoms with Crippen LogP contribution >= 0.6 is 35.0 Å². The molecule has 0 radical (unpaired) electrons. The van der Waals surface area contributed by atoms with Crippen LogP contribution in [0.5, 0.6) is 0 Å². The fourth-order valence-corrected chi connectivity index (χ4v) is 4.26. The average molecular weight is 470 g/mol. The van der Waals surface area contributed by atoms with Gasteiger partial charge in [-0.25, -0.2) is 0 Å². The van der Waals surface area contributed by atoms with Crippen LogP contribution < -0.4 is 10.6 Å². The van der Waals surface area contributed by atoms with E-state index in [0.29, 0.717) is 16.3 Å². The van der Waals surface area contributed by atoms with Gasteiger partial charge in [-0.05, 0) is 60.0 Å². The summed E-state index contributed by atoms with van der Waals surface area (Å²) in [6.45, 7) is 0. The van der Waals surface area contributed by atoms with Gasteiger partial charge in [0.2, 0.25) is 5.91 Å². The lowest BCUT2D eigenvalue weighted by molar-refractivity contribution is -0.113. The van der Waals surface area contributed by atoms with Gasteiger partial charge < -0.3 is 15.6 Å². The van der Waals surface area contributed by atoms with Gasteiger partial charge in [0, 0.05) is 33.0 Å². The number of aromatic nitrogens is 1. The summed E-state index contributed by atoms with van der Waals surface area (Å²) in [5, 5.41) is 7.55. The Morgan fingerprint density at radius 1 is 0.903 bits per heavy atom. The van der Waals surface area contributed by atoms with Gasteiger partial charge in [-0.1, -0.05) is 35.3 Å². The van der Waals surface area contributed by atoms with E-state index in [1.807, 2.05) is 48.7 Å². The Balaban J connectivity index is 1.35. The number of hydrogen-bond acceptors (Lipinski definition) is 3. The number of thioether (sulfide) groups is 1. The molecule has 5 nitrogen and oxygen atoms in total. The Hall–Kier alpha value is -2.93. The zero-order valence-electron chi connectivity index (χ0n) is 16.1. The molecule has 3 N–H and O–H groups in total. The molecule has 1 aromatic heterocycles. The minimum Gasteiger partial charge on any atom is -0.361 e. The predicted octanol–water partition coefficient (Wildman–Crippen LogP) is 6.46. The molecule has 0 aliphatic heterocycles. The molecule has 4 aromatic rings. The van der Waals surface area contributed by atoms with Crippen LogP contribution in [0, 0.1) is 0 Å². The van der Waals surface area contributed by atoms with Crippen LogP contribution in [0.3, 0.4) is 0 Å². The Labute approximate surface area is 193 Å². The molecule has 156 valence electrons. The van der Waals surface area contributed by atoms with E-state index in [2.05, 4.69) is 15.6 Å². The number of benzene rings is 3. The molecule has 0 atom stereocenters. The molecule has 8 heteroatoms. The molecule has 0 unspecified atom stereocenters. The van der Waals surface area contributed by atoms with Crippen molar-refractivity contribution in [2.45, 2.75) is 4.90 Å². The third kappa shape index (κ3) is 5.41. The summed E-state index contributed by atoms with van der Waals surface area (Å²) in [5.41, 5.74) is 2.65. The molecular formula is C23H17Cl2N3O2S. The molecule has 1 heterocycles. The minimum absolute atomic E-state index is 0.113. The summed E-state index contributed by atoms with van der Waals surface area (Å²) in [6.07, 6.45) is 1.86. The Kier molecular flexibility index (Phi) is 6.51. The van der Waals surface area contributed by atoms with E-state index in [9.17, 15) is 9.59 Å². The van der Waals surface area contributed by atoms with Gasteiger partial charge in [0.15, 0.2) is 0 Å².